The molecule has 6 heteroatoms. The number of carbonyl (C=O) groups is 1. The first kappa shape index (κ1) is 16.3. The molecule has 0 bridgehead atoms. The normalized spacial score (nSPS) is 31.0. The van der Waals surface area contributed by atoms with Crippen molar-refractivity contribution in [3.8, 4) is 0 Å². The summed E-state index contributed by atoms with van der Waals surface area (Å²) in [5, 5.41) is 6.13. The molecule has 0 unspecified atom stereocenters. The van der Waals surface area contributed by atoms with Gasteiger partial charge in [-0.25, -0.2) is 9.78 Å². The summed E-state index contributed by atoms with van der Waals surface area (Å²) < 4.78 is 7.73. The number of imidazole rings is 1. The van der Waals surface area contributed by atoms with Crippen LogP contribution in [0.4, 0.5) is 4.79 Å². The minimum Gasteiger partial charge on any atom is -0.368 e. The molecule has 3 rings (SSSR count). The van der Waals surface area contributed by atoms with E-state index < -0.39 is 0 Å². The van der Waals surface area contributed by atoms with E-state index in [4.69, 9.17) is 4.74 Å². The largest absolute Gasteiger partial charge is 0.368 e. The summed E-state index contributed by atoms with van der Waals surface area (Å²) in [6, 6.07) is -0.0997. The SMILES string of the molecule is C[C@@H]1CCCC[C@@H]1CNC(=O)N[C@H]1CCO[C@@H]1c1nccn1C. The highest BCUT2D eigenvalue weighted by Gasteiger charge is 2.33. The Morgan fingerprint density at radius 2 is 2.22 bits per heavy atom. The molecule has 6 nitrogen and oxygen atoms in total. The van der Waals surface area contributed by atoms with Crippen molar-refractivity contribution in [1.29, 1.82) is 0 Å². The van der Waals surface area contributed by atoms with Crippen LogP contribution < -0.4 is 10.6 Å². The summed E-state index contributed by atoms with van der Waals surface area (Å²) in [6.07, 6.45) is 9.46. The van der Waals surface area contributed by atoms with Crippen molar-refractivity contribution in [1.82, 2.24) is 20.2 Å². The van der Waals surface area contributed by atoms with Gasteiger partial charge in [-0.05, 0) is 24.7 Å². The Morgan fingerprint density at radius 3 is 2.96 bits per heavy atom. The van der Waals surface area contributed by atoms with Crippen molar-refractivity contribution in [3.05, 3.63) is 18.2 Å². The maximum absolute atomic E-state index is 12.2. The second kappa shape index (κ2) is 7.34. The van der Waals surface area contributed by atoms with Gasteiger partial charge >= 0.3 is 6.03 Å². The van der Waals surface area contributed by atoms with E-state index in [0.29, 0.717) is 18.4 Å². The molecule has 1 aliphatic heterocycles. The van der Waals surface area contributed by atoms with Crippen LogP contribution in [0.1, 0.15) is 51.0 Å². The van der Waals surface area contributed by atoms with Crippen molar-refractivity contribution < 1.29 is 9.53 Å². The summed E-state index contributed by atoms with van der Waals surface area (Å²) >= 11 is 0. The third-order valence-corrected chi connectivity index (χ3v) is 5.34. The maximum Gasteiger partial charge on any atom is 0.315 e. The molecular weight excluding hydrogens is 292 g/mol. The van der Waals surface area contributed by atoms with Crippen LogP contribution in [-0.4, -0.2) is 34.8 Å². The van der Waals surface area contributed by atoms with Gasteiger partial charge in [0.1, 0.15) is 11.9 Å². The number of nitrogens with zero attached hydrogens (tertiary/aromatic N) is 2. The highest BCUT2D eigenvalue weighted by atomic mass is 16.5. The van der Waals surface area contributed by atoms with Crippen LogP contribution in [0, 0.1) is 11.8 Å². The standard InChI is InChI=1S/C17H28N4O2/c1-12-5-3-4-6-13(12)11-19-17(22)20-14-7-10-23-15(14)16-18-8-9-21(16)2/h8-9,12-15H,3-7,10-11H2,1-2H3,(H2,19,20,22)/t12-,13-,14+,15+/m1/s1. The van der Waals surface area contributed by atoms with E-state index in [1.165, 1.54) is 25.7 Å². The Morgan fingerprint density at radius 1 is 1.39 bits per heavy atom. The number of amides is 2. The molecule has 4 atom stereocenters. The molecule has 2 fully saturated rings. The number of aromatic nitrogens is 2. The summed E-state index contributed by atoms with van der Waals surface area (Å²) in [4.78, 5) is 16.6. The second-order valence-electron chi connectivity index (χ2n) is 6.96. The molecule has 0 aromatic carbocycles. The Labute approximate surface area is 138 Å². The van der Waals surface area contributed by atoms with Crippen molar-refractivity contribution in [2.45, 2.75) is 51.2 Å². The van der Waals surface area contributed by atoms with Crippen LogP contribution in [0.15, 0.2) is 12.4 Å². The number of urea groups is 1. The number of rotatable bonds is 4. The van der Waals surface area contributed by atoms with Gasteiger partial charge in [-0.2, -0.15) is 0 Å². The number of carbonyl (C=O) groups excluding carboxylic acids is 1. The summed E-state index contributed by atoms with van der Waals surface area (Å²) in [5.74, 6) is 2.19. The van der Waals surface area contributed by atoms with E-state index in [1.807, 2.05) is 17.8 Å². The average Bonchev–Trinajstić information content (AvgIpc) is 3.15. The van der Waals surface area contributed by atoms with Crippen LogP contribution in [0.5, 0.6) is 0 Å². The average molecular weight is 320 g/mol. The van der Waals surface area contributed by atoms with Gasteiger partial charge < -0.3 is 19.9 Å². The molecule has 1 aromatic heterocycles. The van der Waals surface area contributed by atoms with E-state index in [-0.39, 0.29) is 18.2 Å². The Hall–Kier alpha value is -1.56. The van der Waals surface area contributed by atoms with Gasteiger partial charge in [0.15, 0.2) is 0 Å². The molecule has 2 aliphatic rings. The lowest BCUT2D eigenvalue weighted by atomic mass is 9.80. The molecule has 23 heavy (non-hydrogen) atoms. The van der Waals surface area contributed by atoms with Gasteiger partial charge in [0.25, 0.3) is 0 Å². The highest BCUT2D eigenvalue weighted by Crippen LogP contribution is 2.29. The Balaban J connectivity index is 1.50. The Kier molecular flexibility index (Phi) is 5.20. The fourth-order valence-corrected chi connectivity index (χ4v) is 3.78. The molecule has 0 radical (unpaired) electrons. The van der Waals surface area contributed by atoms with E-state index in [0.717, 1.165) is 18.8 Å². The van der Waals surface area contributed by atoms with Crippen molar-refractivity contribution >= 4 is 6.03 Å². The fraction of sp³-hybridized carbons (Fsp3) is 0.765. The summed E-state index contributed by atoms with van der Waals surface area (Å²) in [6.45, 7) is 3.72. The van der Waals surface area contributed by atoms with Crippen LogP contribution in [0.3, 0.4) is 0 Å². The zero-order valence-electron chi connectivity index (χ0n) is 14.1. The van der Waals surface area contributed by atoms with Crippen LogP contribution in [0.25, 0.3) is 0 Å². The fourth-order valence-electron chi connectivity index (χ4n) is 3.78. The topological polar surface area (TPSA) is 68.2 Å². The van der Waals surface area contributed by atoms with E-state index in [9.17, 15) is 4.79 Å². The minimum absolute atomic E-state index is 0.0140. The zero-order valence-corrected chi connectivity index (χ0v) is 14.1. The molecule has 128 valence electrons. The van der Waals surface area contributed by atoms with E-state index in [2.05, 4.69) is 22.5 Å². The quantitative estimate of drug-likeness (QED) is 0.895. The van der Waals surface area contributed by atoms with E-state index in [1.54, 1.807) is 6.20 Å². The van der Waals surface area contributed by atoms with Crippen LogP contribution in [-0.2, 0) is 11.8 Å². The first-order valence-electron chi connectivity index (χ1n) is 8.78. The van der Waals surface area contributed by atoms with Crippen LogP contribution in [0.2, 0.25) is 0 Å². The van der Waals surface area contributed by atoms with Gasteiger partial charge in [0, 0.05) is 32.6 Å². The predicted molar refractivity (Wildman–Crippen MR) is 88.0 cm³/mol. The number of hydrogen-bond acceptors (Lipinski definition) is 3. The minimum atomic E-state index is -0.158. The van der Waals surface area contributed by atoms with E-state index >= 15 is 0 Å². The van der Waals surface area contributed by atoms with Gasteiger partial charge in [-0.1, -0.05) is 26.2 Å². The van der Waals surface area contributed by atoms with Crippen molar-refractivity contribution in [3.63, 3.8) is 0 Å². The molecule has 2 N–H and O–H groups in total. The van der Waals surface area contributed by atoms with Gasteiger partial charge in [0.2, 0.25) is 0 Å². The second-order valence-corrected chi connectivity index (χ2v) is 6.96. The monoisotopic (exact) mass is 320 g/mol. The van der Waals surface area contributed by atoms with Gasteiger partial charge in [-0.15, -0.1) is 0 Å². The summed E-state index contributed by atoms with van der Waals surface area (Å²) in [5.41, 5.74) is 0. The number of aryl methyl sites for hydroxylation is 1. The molecule has 1 saturated carbocycles. The maximum atomic E-state index is 12.2. The van der Waals surface area contributed by atoms with Crippen molar-refractivity contribution in [2.24, 2.45) is 18.9 Å². The molecule has 0 spiro atoms. The lowest BCUT2D eigenvalue weighted by Crippen LogP contribution is -2.45. The molecule has 1 aromatic rings. The first-order chi connectivity index (χ1) is 11.1. The molecule has 1 aliphatic carbocycles. The third-order valence-electron chi connectivity index (χ3n) is 5.34. The smallest absolute Gasteiger partial charge is 0.315 e. The lowest BCUT2D eigenvalue weighted by Gasteiger charge is -2.29. The first-order valence-corrected chi connectivity index (χ1v) is 8.78. The number of hydrogen-bond donors (Lipinski definition) is 2. The third kappa shape index (κ3) is 3.86. The zero-order chi connectivity index (χ0) is 16.2. The number of nitrogens with one attached hydrogen (secondary N) is 2. The predicted octanol–water partition coefficient (Wildman–Crippen LogP) is 2.38. The van der Waals surface area contributed by atoms with Gasteiger partial charge in [-0.3, -0.25) is 0 Å². The summed E-state index contributed by atoms with van der Waals surface area (Å²) in [7, 11) is 1.95. The molecule has 1 saturated heterocycles. The molecular formula is C17H28N4O2. The molecule has 2 heterocycles. The molecule has 2 amide bonds. The van der Waals surface area contributed by atoms with Gasteiger partial charge in [0.05, 0.1) is 6.04 Å². The Bertz CT molecular complexity index is 530. The van der Waals surface area contributed by atoms with Crippen molar-refractivity contribution in [2.75, 3.05) is 13.2 Å². The number of ether oxygens (including phenoxy) is 1. The highest BCUT2D eigenvalue weighted by molar-refractivity contribution is 5.74. The van der Waals surface area contributed by atoms with Crippen LogP contribution >= 0.6 is 0 Å². The lowest BCUT2D eigenvalue weighted by molar-refractivity contribution is 0.0907.